The van der Waals surface area contributed by atoms with E-state index in [-0.39, 0.29) is 11.9 Å². The molecule has 2 N–H and O–H groups in total. The van der Waals surface area contributed by atoms with Gasteiger partial charge in [-0.25, -0.2) is 0 Å². The molecule has 0 aliphatic carbocycles. The molecule has 0 spiro atoms. The predicted molar refractivity (Wildman–Crippen MR) is 78.0 cm³/mol. The van der Waals surface area contributed by atoms with Crippen molar-refractivity contribution in [2.75, 3.05) is 0 Å². The number of amides is 1. The number of hydrogen-bond acceptors (Lipinski definition) is 2. The normalized spacial score (nSPS) is 19.6. The molecule has 0 aromatic heterocycles. The summed E-state index contributed by atoms with van der Waals surface area (Å²) in [4.78, 5) is 11.2. The van der Waals surface area contributed by atoms with Gasteiger partial charge in [0.05, 0.1) is 12.1 Å². The van der Waals surface area contributed by atoms with Gasteiger partial charge in [0, 0.05) is 6.42 Å². The first-order valence-corrected chi connectivity index (χ1v) is 6.87. The summed E-state index contributed by atoms with van der Waals surface area (Å²) in [5, 5.41) is 13.1. The van der Waals surface area contributed by atoms with E-state index in [1.54, 1.807) is 0 Å². The van der Waals surface area contributed by atoms with E-state index in [1.807, 2.05) is 42.5 Å². The van der Waals surface area contributed by atoms with Gasteiger partial charge in [-0.2, -0.15) is 0 Å². The standard InChI is InChI=1S/C17H17NO2/c19-16-11-10-15(18-16)17(20)14-8-6-13(7-9-14)12-4-2-1-3-5-12/h1-9,15,17,20H,10-11H2,(H,18,19)/t15-,17-/m0/s1. The van der Waals surface area contributed by atoms with Crippen LogP contribution < -0.4 is 5.32 Å². The molecule has 1 heterocycles. The summed E-state index contributed by atoms with van der Waals surface area (Å²) in [7, 11) is 0. The van der Waals surface area contributed by atoms with Gasteiger partial charge >= 0.3 is 0 Å². The number of nitrogens with one attached hydrogen (secondary N) is 1. The van der Waals surface area contributed by atoms with Crippen molar-refractivity contribution in [2.24, 2.45) is 0 Å². The van der Waals surface area contributed by atoms with Crippen molar-refractivity contribution in [1.29, 1.82) is 0 Å². The van der Waals surface area contributed by atoms with Crippen LogP contribution in [-0.4, -0.2) is 17.1 Å². The Morgan fingerprint density at radius 2 is 1.65 bits per heavy atom. The monoisotopic (exact) mass is 267 g/mol. The van der Waals surface area contributed by atoms with Crippen LogP contribution in [0.2, 0.25) is 0 Å². The molecule has 1 saturated heterocycles. The van der Waals surface area contributed by atoms with E-state index in [1.165, 1.54) is 0 Å². The van der Waals surface area contributed by atoms with Crippen LogP contribution in [0.25, 0.3) is 11.1 Å². The Hall–Kier alpha value is -2.13. The molecule has 0 saturated carbocycles. The van der Waals surface area contributed by atoms with Crippen LogP contribution in [0.5, 0.6) is 0 Å². The number of carbonyl (C=O) groups excluding carboxylic acids is 1. The molecule has 0 radical (unpaired) electrons. The van der Waals surface area contributed by atoms with Gasteiger partial charge in [0.25, 0.3) is 0 Å². The third-order valence-corrected chi connectivity index (χ3v) is 3.77. The molecule has 20 heavy (non-hydrogen) atoms. The van der Waals surface area contributed by atoms with Gasteiger partial charge in [-0.05, 0) is 23.1 Å². The Labute approximate surface area is 118 Å². The molecule has 0 bridgehead atoms. The van der Waals surface area contributed by atoms with Gasteiger partial charge in [0.1, 0.15) is 0 Å². The average molecular weight is 267 g/mol. The highest BCUT2D eigenvalue weighted by Gasteiger charge is 2.28. The maximum Gasteiger partial charge on any atom is 0.220 e. The molecule has 1 amide bonds. The Kier molecular flexibility index (Phi) is 3.52. The van der Waals surface area contributed by atoms with E-state index in [0.29, 0.717) is 12.8 Å². The molecule has 0 unspecified atom stereocenters. The topological polar surface area (TPSA) is 49.3 Å². The Bertz CT molecular complexity index is 592. The Morgan fingerprint density at radius 3 is 2.25 bits per heavy atom. The molecule has 102 valence electrons. The molecule has 2 aromatic rings. The second kappa shape index (κ2) is 5.47. The zero-order valence-electron chi connectivity index (χ0n) is 11.1. The summed E-state index contributed by atoms with van der Waals surface area (Å²) in [5.41, 5.74) is 3.12. The Balaban J connectivity index is 1.78. The Morgan fingerprint density at radius 1 is 1.00 bits per heavy atom. The molecule has 1 fully saturated rings. The molecule has 3 rings (SSSR count). The fourth-order valence-corrected chi connectivity index (χ4v) is 2.61. The second-order valence-corrected chi connectivity index (χ2v) is 5.15. The van der Waals surface area contributed by atoms with E-state index in [9.17, 15) is 9.90 Å². The van der Waals surface area contributed by atoms with Crippen molar-refractivity contribution in [3.05, 3.63) is 60.2 Å². The van der Waals surface area contributed by atoms with Crippen molar-refractivity contribution in [3.8, 4) is 11.1 Å². The average Bonchev–Trinajstić information content (AvgIpc) is 2.94. The van der Waals surface area contributed by atoms with Crippen LogP contribution in [0.15, 0.2) is 54.6 Å². The molecule has 1 aliphatic heterocycles. The van der Waals surface area contributed by atoms with E-state index >= 15 is 0 Å². The van der Waals surface area contributed by atoms with Crippen LogP contribution in [0, 0.1) is 0 Å². The third-order valence-electron chi connectivity index (χ3n) is 3.77. The first-order chi connectivity index (χ1) is 9.74. The fourth-order valence-electron chi connectivity index (χ4n) is 2.61. The first-order valence-electron chi connectivity index (χ1n) is 6.87. The minimum absolute atomic E-state index is 0.0231. The molecule has 2 atom stereocenters. The SMILES string of the molecule is O=C1CC[C@@H]([C@@H](O)c2ccc(-c3ccccc3)cc2)N1. The lowest BCUT2D eigenvalue weighted by atomic mass is 9.98. The second-order valence-electron chi connectivity index (χ2n) is 5.15. The maximum absolute atomic E-state index is 11.2. The summed E-state index contributed by atoms with van der Waals surface area (Å²) in [6.07, 6.45) is 0.566. The van der Waals surface area contributed by atoms with Gasteiger partial charge in [-0.15, -0.1) is 0 Å². The highest BCUT2D eigenvalue weighted by atomic mass is 16.3. The number of aliphatic hydroxyl groups excluding tert-OH is 1. The van der Waals surface area contributed by atoms with Crippen molar-refractivity contribution >= 4 is 5.91 Å². The lowest BCUT2D eigenvalue weighted by Gasteiger charge is -2.18. The van der Waals surface area contributed by atoms with Crippen molar-refractivity contribution < 1.29 is 9.90 Å². The third kappa shape index (κ3) is 2.58. The number of rotatable bonds is 3. The van der Waals surface area contributed by atoms with E-state index < -0.39 is 6.10 Å². The lowest BCUT2D eigenvalue weighted by Crippen LogP contribution is -2.31. The smallest absolute Gasteiger partial charge is 0.220 e. The van der Waals surface area contributed by atoms with Gasteiger partial charge in [-0.1, -0.05) is 54.6 Å². The summed E-state index contributed by atoms with van der Waals surface area (Å²) in [6, 6.07) is 17.8. The zero-order chi connectivity index (χ0) is 13.9. The van der Waals surface area contributed by atoms with Crippen molar-refractivity contribution in [1.82, 2.24) is 5.32 Å². The number of aliphatic hydroxyl groups is 1. The fraction of sp³-hybridized carbons (Fsp3) is 0.235. The van der Waals surface area contributed by atoms with Crippen molar-refractivity contribution in [2.45, 2.75) is 25.0 Å². The summed E-state index contributed by atoms with van der Waals surface area (Å²) < 4.78 is 0. The lowest BCUT2D eigenvalue weighted by molar-refractivity contribution is -0.119. The predicted octanol–water partition coefficient (Wildman–Crippen LogP) is 2.67. The van der Waals surface area contributed by atoms with Crippen LogP contribution >= 0.6 is 0 Å². The first kappa shape index (κ1) is 12.9. The molecule has 3 heteroatoms. The number of carbonyl (C=O) groups is 1. The van der Waals surface area contributed by atoms with Gasteiger partial charge in [0.2, 0.25) is 5.91 Å². The highest BCUT2D eigenvalue weighted by Crippen LogP contribution is 2.26. The summed E-state index contributed by atoms with van der Waals surface area (Å²) in [5.74, 6) is 0.0231. The van der Waals surface area contributed by atoms with E-state index in [2.05, 4.69) is 17.4 Å². The van der Waals surface area contributed by atoms with E-state index in [0.717, 1.165) is 16.7 Å². The van der Waals surface area contributed by atoms with Crippen LogP contribution in [0.3, 0.4) is 0 Å². The molecule has 3 nitrogen and oxygen atoms in total. The largest absolute Gasteiger partial charge is 0.386 e. The van der Waals surface area contributed by atoms with Crippen LogP contribution in [-0.2, 0) is 4.79 Å². The van der Waals surface area contributed by atoms with Gasteiger partial charge in [-0.3, -0.25) is 4.79 Å². The van der Waals surface area contributed by atoms with Crippen molar-refractivity contribution in [3.63, 3.8) is 0 Å². The molecule has 2 aromatic carbocycles. The van der Waals surface area contributed by atoms with Crippen LogP contribution in [0.1, 0.15) is 24.5 Å². The van der Waals surface area contributed by atoms with Gasteiger partial charge < -0.3 is 10.4 Å². The van der Waals surface area contributed by atoms with E-state index in [4.69, 9.17) is 0 Å². The quantitative estimate of drug-likeness (QED) is 0.898. The minimum atomic E-state index is -0.633. The zero-order valence-corrected chi connectivity index (χ0v) is 11.1. The molecular formula is C17H17NO2. The highest BCUT2D eigenvalue weighted by molar-refractivity contribution is 5.78. The summed E-state index contributed by atoms with van der Waals surface area (Å²) >= 11 is 0. The van der Waals surface area contributed by atoms with Gasteiger partial charge in [0.15, 0.2) is 0 Å². The number of hydrogen-bond donors (Lipinski definition) is 2. The van der Waals surface area contributed by atoms with Crippen LogP contribution in [0.4, 0.5) is 0 Å². The summed E-state index contributed by atoms with van der Waals surface area (Å²) in [6.45, 7) is 0. The number of benzene rings is 2. The minimum Gasteiger partial charge on any atom is -0.386 e. The molecular weight excluding hydrogens is 250 g/mol. The maximum atomic E-state index is 11.2. The molecule has 1 aliphatic rings.